The number of hydrogen-bond donors (Lipinski definition) is 0. The number of carbonyl (C=O) groups excluding carboxylic acids is 1. The monoisotopic (exact) mass is 360 g/mol. The molecule has 0 saturated carbocycles. The molecule has 0 N–H and O–H groups in total. The number of nitriles is 2. The lowest BCUT2D eigenvalue weighted by molar-refractivity contribution is 0.0867. The van der Waals surface area contributed by atoms with E-state index in [-0.39, 0.29) is 12.3 Å². The van der Waals surface area contributed by atoms with E-state index in [4.69, 9.17) is 14.9 Å². The largest absolute Gasteiger partial charge is 0.469 e. The van der Waals surface area contributed by atoms with E-state index in [0.29, 0.717) is 17.1 Å². The molecule has 0 spiro atoms. The maximum absolute atomic E-state index is 12.5. The molecule has 22 heavy (non-hydrogen) atoms. The zero-order valence-electron chi connectivity index (χ0n) is 12.1. The third kappa shape index (κ3) is 2.95. The van der Waals surface area contributed by atoms with Crippen LogP contribution in [0.5, 0.6) is 0 Å². The molecule has 2 rings (SSSR count). The molecule has 0 bridgehead atoms. The van der Waals surface area contributed by atoms with Gasteiger partial charge in [0.15, 0.2) is 0 Å². The summed E-state index contributed by atoms with van der Waals surface area (Å²) in [6, 6.07) is 7.16. The second-order valence-corrected chi connectivity index (χ2v) is 5.65. The van der Waals surface area contributed by atoms with Gasteiger partial charge in [0, 0.05) is 6.42 Å². The van der Waals surface area contributed by atoms with Gasteiger partial charge in [-0.15, -0.1) is 0 Å². The van der Waals surface area contributed by atoms with E-state index < -0.39 is 11.8 Å². The van der Waals surface area contributed by atoms with Crippen LogP contribution in [0.25, 0.3) is 0 Å². The van der Waals surface area contributed by atoms with Crippen LogP contribution in [0.15, 0.2) is 27.3 Å². The Morgan fingerprint density at radius 1 is 1.45 bits per heavy atom. The van der Waals surface area contributed by atoms with Gasteiger partial charge in [-0.3, -0.25) is 4.79 Å². The van der Waals surface area contributed by atoms with Gasteiger partial charge in [-0.2, -0.15) is 15.6 Å². The first-order valence-corrected chi connectivity index (χ1v) is 7.36. The highest BCUT2D eigenvalue weighted by atomic mass is 79.9. The maximum Gasteiger partial charge on any atom is 0.247 e. The molecule has 0 aromatic carbocycles. The van der Waals surface area contributed by atoms with Gasteiger partial charge < -0.3 is 4.42 Å². The van der Waals surface area contributed by atoms with Crippen molar-refractivity contribution in [2.45, 2.75) is 26.2 Å². The summed E-state index contributed by atoms with van der Waals surface area (Å²) in [5.41, 5.74) is 1.39. The average molecular weight is 361 g/mol. The first-order valence-electron chi connectivity index (χ1n) is 6.57. The summed E-state index contributed by atoms with van der Waals surface area (Å²) in [5.74, 6) is -1.43. The molecule has 0 aliphatic rings. The molecule has 7 heteroatoms. The molecule has 0 aliphatic heterocycles. The molecule has 2 heterocycles. The average Bonchev–Trinajstić information content (AvgIpc) is 3.12. The zero-order chi connectivity index (χ0) is 16.3. The van der Waals surface area contributed by atoms with Crippen molar-refractivity contribution in [2.24, 2.45) is 5.92 Å². The van der Waals surface area contributed by atoms with E-state index in [0.717, 1.165) is 4.47 Å². The predicted octanol–water partition coefficient (Wildman–Crippen LogP) is 3.33. The molecular formula is C15H13BrN4O2. The Balaban J connectivity index is 2.32. The highest BCUT2D eigenvalue weighted by Crippen LogP contribution is 2.29. The Morgan fingerprint density at radius 2 is 2.14 bits per heavy atom. The van der Waals surface area contributed by atoms with Gasteiger partial charge in [-0.05, 0) is 41.9 Å². The van der Waals surface area contributed by atoms with Crippen molar-refractivity contribution in [3.05, 3.63) is 40.0 Å². The first kappa shape index (κ1) is 16.0. The van der Waals surface area contributed by atoms with Crippen molar-refractivity contribution >= 4 is 21.8 Å². The highest BCUT2D eigenvalue weighted by Gasteiger charge is 2.29. The van der Waals surface area contributed by atoms with E-state index in [2.05, 4.69) is 21.0 Å². The van der Waals surface area contributed by atoms with Crippen molar-refractivity contribution in [3.8, 4) is 12.1 Å². The van der Waals surface area contributed by atoms with Crippen LogP contribution in [0.1, 0.15) is 34.3 Å². The molecule has 0 radical (unpaired) electrons. The van der Waals surface area contributed by atoms with Crippen LogP contribution in [0, 0.1) is 42.4 Å². The Kier molecular flexibility index (Phi) is 4.79. The Hall–Kier alpha value is -2.38. The Bertz CT molecular complexity index is 751. The fourth-order valence-electron chi connectivity index (χ4n) is 2.23. The van der Waals surface area contributed by atoms with Crippen LogP contribution in [0.2, 0.25) is 0 Å². The van der Waals surface area contributed by atoms with Gasteiger partial charge in [0.05, 0.1) is 40.2 Å². The van der Waals surface area contributed by atoms with Crippen LogP contribution >= 0.6 is 15.9 Å². The molecular weight excluding hydrogens is 348 g/mol. The topological polar surface area (TPSA) is 95.6 Å². The fourth-order valence-corrected chi connectivity index (χ4v) is 2.48. The van der Waals surface area contributed by atoms with Crippen molar-refractivity contribution in [1.82, 2.24) is 9.78 Å². The van der Waals surface area contributed by atoms with Gasteiger partial charge in [-0.1, -0.05) is 0 Å². The number of furan rings is 1. The van der Waals surface area contributed by atoms with Crippen LogP contribution in [0.3, 0.4) is 0 Å². The van der Waals surface area contributed by atoms with Gasteiger partial charge in [-0.25, -0.2) is 4.68 Å². The minimum absolute atomic E-state index is 0.0340. The third-order valence-corrected chi connectivity index (χ3v) is 4.57. The van der Waals surface area contributed by atoms with E-state index in [9.17, 15) is 4.79 Å². The molecule has 2 aromatic rings. The van der Waals surface area contributed by atoms with Gasteiger partial charge in [0.2, 0.25) is 5.91 Å². The fraction of sp³-hybridized carbons (Fsp3) is 0.333. The van der Waals surface area contributed by atoms with Crippen molar-refractivity contribution in [1.29, 1.82) is 10.5 Å². The third-order valence-electron chi connectivity index (χ3n) is 3.42. The van der Waals surface area contributed by atoms with E-state index in [1.165, 1.54) is 10.9 Å². The van der Waals surface area contributed by atoms with Crippen molar-refractivity contribution in [3.63, 3.8) is 0 Å². The van der Waals surface area contributed by atoms with Crippen molar-refractivity contribution < 1.29 is 9.21 Å². The summed E-state index contributed by atoms with van der Waals surface area (Å²) in [5, 5.41) is 22.4. The summed E-state index contributed by atoms with van der Waals surface area (Å²) >= 11 is 3.37. The Morgan fingerprint density at radius 3 is 2.59 bits per heavy atom. The summed E-state index contributed by atoms with van der Waals surface area (Å²) in [7, 11) is 0. The molecule has 0 amide bonds. The number of aromatic nitrogens is 2. The Labute approximate surface area is 136 Å². The molecule has 112 valence electrons. The number of nitrogens with zero attached hydrogens (tertiary/aromatic N) is 4. The van der Waals surface area contributed by atoms with Gasteiger partial charge >= 0.3 is 0 Å². The number of rotatable bonds is 4. The summed E-state index contributed by atoms with van der Waals surface area (Å²) in [6.07, 6.45) is 1.42. The normalized spacial score (nSPS) is 11.9. The number of aryl methyl sites for hydroxylation is 1. The highest BCUT2D eigenvalue weighted by molar-refractivity contribution is 9.10. The quantitative estimate of drug-likeness (QED) is 0.832. The standard InChI is InChI=1S/C15H13BrN4O2/c1-9-15(16)10(2)20(19-9)14(21)6-12(11(7-17)8-18)13-4-3-5-22-13/h3-5,11-12H,6H2,1-2H3/t12-/m0/s1. The molecule has 1 atom stereocenters. The van der Waals surface area contributed by atoms with Crippen LogP contribution in [0.4, 0.5) is 0 Å². The second kappa shape index (κ2) is 6.59. The first-order chi connectivity index (χ1) is 10.5. The summed E-state index contributed by atoms with van der Waals surface area (Å²) in [4.78, 5) is 12.5. The minimum atomic E-state index is -0.962. The lowest BCUT2D eigenvalue weighted by Gasteiger charge is -2.14. The van der Waals surface area contributed by atoms with Crippen LogP contribution < -0.4 is 0 Å². The SMILES string of the molecule is Cc1nn(C(=O)C[C@H](c2ccco2)C(C#N)C#N)c(C)c1Br. The lowest BCUT2D eigenvalue weighted by Crippen LogP contribution is -2.20. The summed E-state index contributed by atoms with van der Waals surface area (Å²) < 4.78 is 7.35. The van der Waals surface area contributed by atoms with Gasteiger partial charge in [0.25, 0.3) is 0 Å². The molecule has 0 aliphatic carbocycles. The zero-order valence-corrected chi connectivity index (χ0v) is 13.7. The predicted molar refractivity (Wildman–Crippen MR) is 80.8 cm³/mol. The summed E-state index contributed by atoms with van der Waals surface area (Å²) in [6.45, 7) is 3.56. The van der Waals surface area contributed by atoms with Crippen molar-refractivity contribution in [2.75, 3.05) is 0 Å². The van der Waals surface area contributed by atoms with Gasteiger partial charge in [0.1, 0.15) is 11.7 Å². The number of halogens is 1. The maximum atomic E-state index is 12.5. The van der Waals surface area contributed by atoms with Crippen LogP contribution in [-0.4, -0.2) is 15.7 Å². The molecule has 2 aromatic heterocycles. The minimum Gasteiger partial charge on any atom is -0.469 e. The van der Waals surface area contributed by atoms with E-state index >= 15 is 0 Å². The smallest absolute Gasteiger partial charge is 0.247 e. The number of hydrogen-bond acceptors (Lipinski definition) is 5. The second-order valence-electron chi connectivity index (χ2n) is 4.85. The molecule has 0 fully saturated rings. The lowest BCUT2D eigenvalue weighted by atomic mass is 9.89. The van der Waals surface area contributed by atoms with E-state index in [1.807, 2.05) is 12.1 Å². The van der Waals surface area contributed by atoms with Crippen LogP contribution in [-0.2, 0) is 0 Å². The molecule has 0 saturated heterocycles. The molecule has 6 nitrogen and oxygen atoms in total. The van der Waals surface area contributed by atoms with E-state index in [1.54, 1.807) is 26.0 Å². The number of carbonyl (C=O) groups is 1. The molecule has 0 unspecified atom stereocenters.